The molecule has 0 N–H and O–H groups in total. The molecule has 0 saturated carbocycles. The molecule has 1 aromatic heterocycles. The molecule has 4 heteroatoms. The molecule has 1 rings (SSSR count). The molecule has 0 spiro atoms. The zero-order chi connectivity index (χ0) is 6.69. The van der Waals surface area contributed by atoms with E-state index in [-0.39, 0.29) is 5.82 Å². The van der Waals surface area contributed by atoms with Crippen LogP contribution in [-0.4, -0.2) is 15.9 Å². The molecule has 0 bridgehead atoms. The van der Waals surface area contributed by atoms with Gasteiger partial charge in [-0.3, -0.25) is 0 Å². The normalized spacial score (nSPS) is 8.89. The molecule has 4 nitrogen and oxygen atoms in total. The van der Waals surface area contributed by atoms with Gasteiger partial charge in [0.05, 0.1) is 0 Å². The predicted molar refractivity (Wildman–Crippen MR) is 26.4 cm³/mol. The Morgan fingerprint density at radius 2 is 2.00 bits per heavy atom. The first-order chi connectivity index (χ1) is 4.30. The van der Waals surface area contributed by atoms with E-state index < -0.39 is 5.97 Å². The number of aromatic carboxylic acids is 1. The number of rotatable bonds is 1. The van der Waals surface area contributed by atoms with Crippen molar-refractivity contribution >= 4 is 5.97 Å². The highest BCUT2D eigenvalue weighted by molar-refractivity contribution is 5.80. The molecule has 0 aliphatic rings. The molecular formula is C5H3N2O2-. The van der Waals surface area contributed by atoms with Gasteiger partial charge in [0.25, 0.3) is 0 Å². The summed E-state index contributed by atoms with van der Waals surface area (Å²) in [6, 6.07) is 1.53. The standard InChI is InChI=1S/C5H4N2O2/c8-5(9)4-6-2-1-3-7-4/h1-3H,(H,8,9)/p-1. The van der Waals surface area contributed by atoms with Crippen molar-refractivity contribution in [3.05, 3.63) is 24.3 Å². The molecule has 1 heterocycles. The number of carbonyl (C=O) groups excluding carboxylic acids is 1. The number of carbonyl (C=O) groups is 1. The molecule has 0 amide bonds. The fourth-order valence-corrected chi connectivity index (χ4v) is 0.405. The second-order valence-electron chi connectivity index (χ2n) is 1.36. The third-order valence-electron chi connectivity index (χ3n) is 0.748. The number of carboxylic acid groups (broad SMARTS) is 1. The Balaban J connectivity index is 2.98. The van der Waals surface area contributed by atoms with Gasteiger partial charge >= 0.3 is 0 Å². The fraction of sp³-hybridized carbons (Fsp3) is 0. The van der Waals surface area contributed by atoms with E-state index in [4.69, 9.17) is 0 Å². The first-order valence-corrected chi connectivity index (χ1v) is 2.29. The van der Waals surface area contributed by atoms with Crippen LogP contribution >= 0.6 is 0 Å². The minimum Gasteiger partial charge on any atom is -0.542 e. The van der Waals surface area contributed by atoms with Crippen LogP contribution < -0.4 is 5.11 Å². The van der Waals surface area contributed by atoms with E-state index in [9.17, 15) is 9.90 Å². The lowest BCUT2D eigenvalue weighted by atomic mass is 10.6. The first kappa shape index (κ1) is 5.68. The highest BCUT2D eigenvalue weighted by Crippen LogP contribution is 1.81. The Morgan fingerprint density at radius 1 is 1.44 bits per heavy atom. The largest absolute Gasteiger partial charge is 0.542 e. The molecular weight excluding hydrogens is 120 g/mol. The summed E-state index contributed by atoms with van der Waals surface area (Å²) >= 11 is 0. The van der Waals surface area contributed by atoms with Crippen molar-refractivity contribution in [2.24, 2.45) is 0 Å². The molecule has 0 unspecified atom stereocenters. The lowest BCUT2D eigenvalue weighted by Crippen LogP contribution is -2.24. The minimum absolute atomic E-state index is 0.280. The summed E-state index contributed by atoms with van der Waals surface area (Å²) in [7, 11) is 0. The van der Waals surface area contributed by atoms with Crippen LogP contribution in [0.3, 0.4) is 0 Å². The van der Waals surface area contributed by atoms with E-state index in [0.29, 0.717) is 0 Å². The highest BCUT2D eigenvalue weighted by Gasteiger charge is 1.90. The van der Waals surface area contributed by atoms with Gasteiger partial charge in [0.1, 0.15) is 5.97 Å². The summed E-state index contributed by atoms with van der Waals surface area (Å²) in [5.41, 5.74) is 0. The zero-order valence-electron chi connectivity index (χ0n) is 4.44. The molecule has 46 valence electrons. The molecule has 0 radical (unpaired) electrons. The van der Waals surface area contributed by atoms with Gasteiger partial charge in [-0.2, -0.15) is 0 Å². The van der Waals surface area contributed by atoms with Crippen LogP contribution in [0.4, 0.5) is 0 Å². The van der Waals surface area contributed by atoms with Crippen molar-refractivity contribution in [2.75, 3.05) is 0 Å². The van der Waals surface area contributed by atoms with Crippen molar-refractivity contribution in [1.82, 2.24) is 9.97 Å². The van der Waals surface area contributed by atoms with E-state index in [1.165, 1.54) is 18.5 Å². The molecule has 9 heavy (non-hydrogen) atoms. The summed E-state index contributed by atoms with van der Waals surface area (Å²) < 4.78 is 0. The van der Waals surface area contributed by atoms with Gasteiger partial charge in [-0.15, -0.1) is 0 Å². The van der Waals surface area contributed by atoms with Gasteiger partial charge in [0.15, 0.2) is 5.82 Å². The topological polar surface area (TPSA) is 65.9 Å². The monoisotopic (exact) mass is 123 g/mol. The maximum absolute atomic E-state index is 9.96. The second-order valence-corrected chi connectivity index (χ2v) is 1.36. The Bertz CT molecular complexity index is 209. The lowest BCUT2D eigenvalue weighted by molar-refractivity contribution is -0.256. The Labute approximate surface area is 51.2 Å². The quantitative estimate of drug-likeness (QED) is 0.472. The number of nitrogens with zero attached hydrogens (tertiary/aromatic N) is 2. The number of carboxylic acids is 1. The second kappa shape index (κ2) is 2.21. The minimum atomic E-state index is -1.35. The zero-order valence-corrected chi connectivity index (χ0v) is 4.44. The molecule has 0 saturated heterocycles. The highest BCUT2D eigenvalue weighted by atomic mass is 16.4. The number of hydrogen-bond donors (Lipinski definition) is 0. The van der Waals surface area contributed by atoms with Crippen LogP contribution in [0.25, 0.3) is 0 Å². The van der Waals surface area contributed by atoms with Crippen LogP contribution in [-0.2, 0) is 0 Å². The Hall–Kier alpha value is -1.45. The third-order valence-corrected chi connectivity index (χ3v) is 0.748. The maximum Gasteiger partial charge on any atom is 0.175 e. The molecule has 0 atom stereocenters. The number of aromatic nitrogens is 2. The average Bonchev–Trinajstić information content (AvgIpc) is 1.90. The van der Waals surface area contributed by atoms with Crippen molar-refractivity contribution < 1.29 is 9.90 Å². The smallest absolute Gasteiger partial charge is 0.175 e. The van der Waals surface area contributed by atoms with Gasteiger partial charge in [-0.05, 0) is 6.07 Å². The van der Waals surface area contributed by atoms with E-state index >= 15 is 0 Å². The van der Waals surface area contributed by atoms with E-state index in [0.717, 1.165) is 0 Å². The summed E-state index contributed by atoms with van der Waals surface area (Å²) in [5, 5.41) is 9.96. The average molecular weight is 123 g/mol. The van der Waals surface area contributed by atoms with Crippen LogP contribution in [0.1, 0.15) is 10.6 Å². The molecule has 0 aliphatic heterocycles. The fourth-order valence-electron chi connectivity index (χ4n) is 0.405. The van der Waals surface area contributed by atoms with E-state index in [1.54, 1.807) is 0 Å². The predicted octanol–water partition coefficient (Wildman–Crippen LogP) is -1.16. The van der Waals surface area contributed by atoms with Gasteiger partial charge < -0.3 is 9.90 Å². The Kier molecular flexibility index (Phi) is 1.40. The summed E-state index contributed by atoms with van der Waals surface area (Å²) in [6.45, 7) is 0. The Morgan fingerprint density at radius 3 is 2.33 bits per heavy atom. The molecule has 0 aliphatic carbocycles. The third kappa shape index (κ3) is 1.22. The van der Waals surface area contributed by atoms with Crippen molar-refractivity contribution in [3.8, 4) is 0 Å². The van der Waals surface area contributed by atoms with Crippen LogP contribution in [0.5, 0.6) is 0 Å². The van der Waals surface area contributed by atoms with E-state index in [1.807, 2.05) is 0 Å². The van der Waals surface area contributed by atoms with Gasteiger partial charge in [-0.25, -0.2) is 9.97 Å². The van der Waals surface area contributed by atoms with Gasteiger partial charge in [-0.1, -0.05) is 0 Å². The maximum atomic E-state index is 9.96. The SMILES string of the molecule is O=C([O-])c1ncccn1. The lowest BCUT2D eigenvalue weighted by Gasteiger charge is -1.95. The molecule has 0 aromatic carbocycles. The van der Waals surface area contributed by atoms with Crippen LogP contribution in [0.15, 0.2) is 18.5 Å². The summed E-state index contributed by atoms with van der Waals surface area (Å²) in [6.07, 6.45) is 2.69. The van der Waals surface area contributed by atoms with Crippen molar-refractivity contribution in [2.45, 2.75) is 0 Å². The van der Waals surface area contributed by atoms with Gasteiger partial charge in [0.2, 0.25) is 0 Å². The molecule has 0 fully saturated rings. The van der Waals surface area contributed by atoms with Crippen LogP contribution in [0.2, 0.25) is 0 Å². The molecule has 1 aromatic rings. The van der Waals surface area contributed by atoms with Crippen molar-refractivity contribution in [1.29, 1.82) is 0 Å². The van der Waals surface area contributed by atoms with Gasteiger partial charge in [0, 0.05) is 12.4 Å². The van der Waals surface area contributed by atoms with Crippen LogP contribution in [0, 0.1) is 0 Å². The summed E-state index contributed by atoms with van der Waals surface area (Å²) in [5.74, 6) is -1.63. The van der Waals surface area contributed by atoms with E-state index in [2.05, 4.69) is 9.97 Å². The summed E-state index contributed by atoms with van der Waals surface area (Å²) in [4.78, 5) is 16.8. The number of hydrogen-bond acceptors (Lipinski definition) is 4. The van der Waals surface area contributed by atoms with Crippen molar-refractivity contribution in [3.63, 3.8) is 0 Å². The first-order valence-electron chi connectivity index (χ1n) is 2.29.